The second kappa shape index (κ2) is 11.1. The molecular weight excluding hydrogens is 360 g/mol. The van der Waals surface area contributed by atoms with Crippen molar-refractivity contribution in [2.45, 2.75) is 25.8 Å². The summed E-state index contributed by atoms with van der Waals surface area (Å²) in [7, 11) is 0. The zero-order valence-corrected chi connectivity index (χ0v) is 16.8. The highest BCUT2D eigenvalue weighted by atomic mass is 32.1. The molecule has 2 aromatic rings. The van der Waals surface area contributed by atoms with Crippen LogP contribution in [0.25, 0.3) is 0 Å². The number of guanidine groups is 1. The predicted octanol–water partition coefficient (Wildman–Crippen LogP) is 2.38. The number of ether oxygens (including phenoxy) is 1. The van der Waals surface area contributed by atoms with Crippen LogP contribution in [0.1, 0.15) is 17.6 Å². The van der Waals surface area contributed by atoms with Gasteiger partial charge in [-0.1, -0.05) is 6.07 Å². The summed E-state index contributed by atoms with van der Waals surface area (Å²) in [5, 5.41) is 9.02. The lowest BCUT2D eigenvalue weighted by atomic mass is 10.2. The van der Waals surface area contributed by atoms with Gasteiger partial charge in [0, 0.05) is 43.5 Å². The van der Waals surface area contributed by atoms with Crippen molar-refractivity contribution in [2.75, 3.05) is 45.9 Å². The molecule has 1 saturated heterocycles. The lowest BCUT2D eigenvalue weighted by molar-refractivity contribution is 0.0220. The van der Waals surface area contributed by atoms with Gasteiger partial charge in [0.1, 0.15) is 5.76 Å². The van der Waals surface area contributed by atoms with Crippen LogP contribution in [0.2, 0.25) is 0 Å². The Morgan fingerprint density at radius 2 is 2.00 bits per heavy atom. The number of furan rings is 1. The number of hydrogen-bond acceptors (Lipinski definition) is 5. The highest BCUT2D eigenvalue weighted by Crippen LogP contribution is 2.08. The zero-order chi connectivity index (χ0) is 18.7. The first kappa shape index (κ1) is 19.9. The molecule has 1 aliphatic rings. The first-order valence-electron chi connectivity index (χ1n) is 9.70. The summed E-state index contributed by atoms with van der Waals surface area (Å²) in [4.78, 5) is 8.65. The molecule has 0 bridgehead atoms. The molecule has 1 atom stereocenters. The SMILES string of the molecule is CC(CN=C(NCCc1ccco1)NCCc1cccs1)N1CCOCC1. The summed E-state index contributed by atoms with van der Waals surface area (Å²) in [6.07, 6.45) is 3.57. The molecular formula is C20H30N4O2S. The molecule has 3 heterocycles. The van der Waals surface area contributed by atoms with E-state index in [2.05, 4.69) is 40.0 Å². The Morgan fingerprint density at radius 3 is 2.70 bits per heavy atom. The number of thiophene rings is 1. The number of nitrogens with zero attached hydrogens (tertiary/aromatic N) is 2. The van der Waals surface area contributed by atoms with Gasteiger partial charge in [-0.25, -0.2) is 0 Å². The molecule has 0 aliphatic carbocycles. The quantitative estimate of drug-likeness (QED) is 0.508. The van der Waals surface area contributed by atoms with Gasteiger partial charge in [-0.15, -0.1) is 11.3 Å². The van der Waals surface area contributed by atoms with E-state index in [-0.39, 0.29) is 0 Å². The van der Waals surface area contributed by atoms with Crippen molar-refractivity contribution in [1.29, 1.82) is 0 Å². The lowest BCUT2D eigenvalue weighted by Crippen LogP contribution is -2.45. The molecule has 1 fully saturated rings. The van der Waals surface area contributed by atoms with E-state index in [0.29, 0.717) is 6.04 Å². The van der Waals surface area contributed by atoms with Crippen LogP contribution >= 0.6 is 11.3 Å². The molecule has 1 unspecified atom stereocenters. The summed E-state index contributed by atoms with van der Waals surface area (Å²) in [5.41, 5.74) is 0. The molecule has 0 saturated carbocycles. The fourth-order valence-electron chi connectivity index (χ4n) is 3.05. The van der Waals surface area contributed by atoms with Crippen molar-refractivity contribution in [1.82, 2.24) is 15.5 Å². The minimum Gasteiger partial charge on any atom is -0.469 e. The van der Waals surface area contributed by atoms with Crippen LogP contribution < -0.4 is 10.6 Å². The second-order valence-electron chi connectivity index (χ2n) is 6.70. The van der Waals surface area contributed by atoms with Gasteiger partial charge in [0.05, 0.1) is 26.0 Å². The summed E-state index contributed by atoms with van der Waals surface area (Å²) < 4.78 is 10.8. The van der Waals surface area contributed by atoms with Crippen molar-refractivity contribution in [2.24, 2.45) is 4.99 Å². The Morgan fingerprint density at radius 1 is 1.19 bits per heavy atom. The molecule has 6 nitrogen and oxygen atoms in total. The van der Waals surface area contributed by atoms with Crippen LogP contribution in [0, 0.1) is 0 Å². The normalized spacial score (nSPS) is 17.0. The van der Waals surface area contributed by atoms with E-state index in [1.165, 1.54) is 4.88 Å². The standard InChI is InChI=1S/C20H30N4O2S/c1-17(24-10-13-25-14-11-24)16-23-20(21-8-6-18-4-2-12-26-18)22-9-7-19-5-3-15-27-19/h2-5,12,15,17H,6-11,13-14,16H2,1H3,(H2,21,22,23). The molecule has 0 spiro atoms. The highest BCUT2D eigenvalue weighted by molar-refractivity contribution is 7.09. The van der Waals surface area contributed by atoms with Crippen LogP contribution in [0.15, 0.2) is 45.3 Å². The molecule has 7 heteroatoms. The van der Waals surface area contributed by atoms with E-state index < -0.39 is 0 Å². The average molecular weight is 391 g/mol. The maximum atomic E-state index is 5.44. The fourth-order valence-corrected chi connectivity index (χ4v) is 3.76. The van der Waals surface area contributed by atoms with Gasteiger partial charge in [-0.3, -0.25) is 9.89 Å². The van der Waals surface area contributed by atoms with Gasteiger partial charge in [-0.2, -0.15) is 0 Å². The average Bonchev–Trinajstić information content (AvgIpc) is 3.40. The van der Waals surface area contributed by atoms with Gasteiger partial charge >= 0.3 is 0 Å². The molecule has 2 aromatic heterocycles. The van der Waals surface area contributed by atoms with Crippen LogP contribution in [0.5, 0.6) is 0 Å². The second-order valence-corrected chi connectivity index (χ2v) is 7.73. The van der Waals surface area contributed by atoms with Crippen molar-refractivity contribution in [3.05, 3.63) is 46.5 Å². The first-order chi connectivity index (χ1) is 13.3. The monoisotopic (exact) mass is 390 g/mol. The molecule has 1 aliphatic heterocycles. The summed E-state index contributed by atoms with van der Waals surface area (Å²) in [6.45, 7) is 8.30. The van der Waals surface area contributed by atoms with Gasteiger partial charge in [0.2, 0.25) is 0 Å². The smallest absolute Gasteiger partial charge is 0.191 e. The number of nitrogens with one attached hydrogen (secondary N) is 2. The number of rotatable bonds is 9. The minimum absolute atomic E-state index is 0.412. The highest BCUT2D eigenvalue weighted by Gasteiger charge is 2.16. The van der Waals surface area contributed by atoms with Gasteiger partial charge < -0.3 is 19.8 Å². The van der Waals surface area contributed by atoms with Gasteiger partial charge in [0.15, 0.2) is 5.96 Å². The maximum Gasteiger partial charge on any atom is 0.191 e. The van der Waals surface area contributed by atoms with E-state index in [1.807, 2.05) is 12.1 Å². The van der Waals surface area contributed by atoms with E-state index in [9.17, 15) is 0 Å². The third-order valence-electron chi connectivity index (χ3n) is 4.67. The summed E-state index contributed by atoms with van der Waals surface area (Å²) >= 11 is 1.80. The number of morpholine rings is 1. The third-order valence-corrected chi connectivity index (χ3v) is 5.61. The van der Waals surface area contributed by atoms with Gasteiger partial charge in [-0.05, 0) is 36.9 Å². The lowest BCUT2D eigenvalue weighted by Gasteiger charge is -2.31. The van der Waals surface area contributed by atoms with E-state index in [0.717, 1.165) is 70.5 Å². The molecule has 0 aromatic carbocycles. The Balaban J connectivity index is 1.48. The topological polar surface area (TPSA) is 62.0 Å². The van der Waals surface area contributed by atoms with Crippen molar-refractivity contribution in [3.8, 4) is 0 Å². The molecule has 27 heavy (non-hydrogen) atoms. The van der Waals surface area contributed by atoms with Crippen molar-refractivity contribution < 1.29 is 9.15 Å². The van der Waals surface area contributed by atoms with Crippen LogP contribution in [-0.4, -0.2) is 62.8 Å². The summed E-state index contributed by atoms with van der Waals surface area (Å²) in [5.74, 6) is 1.86. The zero-order valence-electron chi connectivity index (χ0n) is 16.0. The van der Waals surface area contributed by atoms with Crippen molar-refractivity contribution >= 4 is 17.3 Å². The largest absolute Gasteiger partial charge is 0.469 e. The van der Waals surface area contributed by atoms with Crippen LogP contribution in [0.3, 0.4) is 0 Å². The Labute approximate surface area is 165 Å². The van der Waals surface area contributed by atoms with Crippen molar-refractivity contribution in [3.63, 3.8) is 0 Å². The predicted molar refractivity (Wildman–Crippen MR) is 111 cm³/mol. The van der Waals surface area contributed by atoms with Crippen LogP contribution in [-0.2, 0) is 17.6 Å². The Bertz CT molecular complexity index is 609. The molecule has 2 N–H and O–H groups in total. The summed E-state index contributed by atoms with van der Waals surface area (Å²) in [6, 6.07) is 8.61. The molecule has 3 rings (SSSR count). The van der Waals surface area contributed by atoms with Gasteiger partial charge in [0.25, 0.3) is 0 Å². The molecule has 148 valence electrons. The van der Waals surface area contributed by atoms with E-state index in [1.54, 1.807) is 17.6 Å². The Kier molecular flexibility index (Phi) is 8.20. The molecule has 0 amide bonds. The molecule has 0 radical (unpaired) electrons. The Hall–Kier alpha value is -1.83. The van der Waals surface area contributed by atoms with E-state index in [4.69, 9.17) is 14.1 Å². The number of hydrogen-bond donors (Lipinski definition) is 2. The fraction of sp³-hybridized carbons (Fsp3) is 0.550. The minimum atomic E-state index is 0.412. The third kappa shape index (κ3) is 7.01. The first-order valence-corrected chi connectivity index (χ1v) is 10.6. The van der Waals surface area contributed by atoms with Crippen LogP contribution in [0.4, 0.5) is 0 Å². The number of aliphatic imine (C=N–C) groups is 1. The van der Waals surface area contributed by atoms with E-state index >= 15 is 0 Å². The maximum absolute atomic E-state index is 5.44.